The van der Waals surface area contributed by atoms with Crippen LogP contribution in [-0.4, -0.2) is 18.5 Å². The van der Waals surface area contributed by atoms with Crippen LogP contribution in [0.2, 0.25) is 0 Å². The molecule has 2 rings (SSSR count). The Morgan fingerprint density at radius 3 is 2.41 bits per heavy atom. The number of nitriles is 1. The molecule has 118 valence electrons. The van der Waals surface area contributed by atoms with Gasteiger partial charge in [-0.15, -0.1) is 0 Å². The monoisotopic (exact) mass is 300 g/mol. The van der Waals surface area contributed by atoms with E-state index >= 15 is 0 Å². The third-order valence-electron chi connectivity index (χ3n) is 3.55. The van der Waals surface area contributed by atoms with Crippen molar-refractivity contribution >= 4 is 5.90 Å². The summed E-state index contributed by atoms with van der Waals surface area (Å²) >= 11 is 0. The Bertz CT molecular complexity index is 635. The smallest absolute Gasteiger partial charge is 0.330 e. The molecule has 0 radical (unpaired) electrons. The molecular weight excluding hydrogens is 276 g/mol. The fourth-order valence-electron chi connectivity index (χ4n) is 3.18. The van der Waals surface area contributed by atoms with Crippen LogP contribution in [0.4, 0.5) is 0 Å². The Morgan fingerprint density at radius 2 is 1.86 bits per heavy atom. The van der Waals surface area contributed by atoms with Crippen molar-refractivity contribution in [1.82, 2.24) is 0 Å². The number of benzene rings is 1. The van der Waals surface area contributed by atoms with Crippen LogP contribution >= 0.6 is 0 Å². The molecule has 0 saturated carbocycles. The van der Waals surface area contributed by atoms with E-state index in [-0.39, 0.29) is 11.0 Å². The second kappa shape index (κ2) is 5.40. The van der Waals surface area contributed by atoms with Gasteiger partial charge in [-0.05, 0) is 31.7 Å². The highest BCUT2D eigenvalue weighted by atomic mass is 16.7. The minimum Gasteiger partial charge on any atom is -0.427 e. The molecule has 4 nitrogen and oxygen atoms in total. The summed E-state index contributed by atoms with van der Waals surface area (Å²) in [6.45, 7) is 10.7. The van der Waals surface area contributed by atoms with Crippen molar-refractivity contribution in [2.45, 2.75) is 52.4 Å². The van der Waals surface area contributed by atoms with Crippen molar-refractivity contribution < 1.29 is 9.47 Å². The highest BCUT2D eigenvalue weighted by Crippen LogP contribution is 2.39. The van der Waals surface area contributed by atoms with Gasteiger partial charge in [0.05, 0.1) is 11.1 Å². The van der Waals surface area contributed by atoms with Gasteiger partial charge in [-0.2, -0.15) is 5.26 Å². The largest absolute Gasteiger partial charge is 0.427 e. The van der Waals surface area contributed by atoms with Crippen molar-refractivity contribution in [2.75, 3.05) is 7.11 Å². The van der Waals surface area contributed by atoms with Gasteiger partial charge in [-0.3, -0.25) is 0 Å². The van der Waals surface area contributed by atoms with Crippen molar-refractivity contribution in [3.63, 3.8) is 0 Å². The zero-order valence-electron chi connectivity index (χ0n) is 14.2. The van der Waals surface area contributed by atoms with Gasteiger partial charge in [0, 0.05) is 12.7 Å². The zero-order valence-corrected chi connectivity index (χ0v) is 14.2. The number of aliphatic imine (C=N–C) groups is 1. The lowest BCUT2D eigenvalue weighted by Crippen LogP contribution is -2.29. The number of rotatable bonds is 3. The van der Waals surface area contributed by atoms with Crippen LogP contribution in [0.5, 0.6) is 0 Å². The van der Waals surface area contributed by atoms with Gasteiger partial charge in [-0.1, -0.05) is 39.0 Å². The first-order chi connectivity index (χ1) is 10.1. The van der Waals surface area contributed by atoms with Crippen LogP contribution in [0.25, 0.3) is 0 Å². The van der Waals surface area contributed by atoms with Crippen LogP contribution in [0.1, 0.15) is 52.2 Å². The summed E-state index contributed by atoms with van der Waals surface area (Å²) in [4.78, 5) is 4.79. The predicted molar refractivity (Wildman–Crippen MR) is 86.5 cm³/mol. The molecule has 0 saturated heterocycles. The minimum absolute atomic E-state index is 0.152. The van der Waals surface area contributed by atoms with Crippen LogP contribution in [0.3, 0.4) is 0 Å². The topological polar surface area (TPSA) is 54.6 Å². The molecular formula is C18H24N2O2. The Kier molecular flexibility index (Phi) is 4.06. The molecule has 1 unspecified atom stereocenters. The molecule has 0 amide bonds. The van der Waals surface area contributed by atoms with Gasteiger partial charge < -0.3 is 9.47 Å². The molecule has 4 heteroatoms. The predicted octanol–water partition coefficient (Wildman–Crippen LogP) is 4.00. The van der Waals surface area contributed by atoms with Gasteiger partial charge in [0.15, 0.2) is 0 Å². The van der Waals surface area contributed by atoms with Crippen molar-refractivity contribution in [3.8, 4) is 6.07 Å². The molecule has 0 bridgehead atoms. The van der Waals surface area contributed by atoms with Gasteiger partial charge in [0.1, 0.15) is 6.07 Å². The van der Waals surface area contributed by atoms with Crippen LogP contribution in [0.15, 0.2) is 29.3 Å². The fourth-order valence-corrected chi connectivity index (χ4v) is 3.18. The maximum absolute atomic E-state index is 9.51. The van der Waals surface area contributed by atoms with Gasteiger partial charge >= 0.3 is 5.79 Å². The molecule has 1 aromatic carbocycles. The molecule has 22 heavy (non-hydrogen) atoms. The summed E-state index contributed by atoms with van der Waals surface area (Å²) in [5, 5.41) is 9.51. The summed E-state index contributed by atoms with van der Waals surface area (Å²) in [7, 11) is 1.48. The van der Waals surface area contributed by atoms with Crippen LogP contribution in [0, 0.1) is 16.7 Å². The van der Waals surface area contributed by atoms with E-state index in [1.54, 1.807) is 0 Å². The first-order valence-corrected chi connectivity index (χ1v) is 7.48. The van der Waals surface area contributed by atoms with Crippen molar-refractivity contribution in [3.05, 3.63) is 35.4 Å². The minimum atomic E-state index is -1.40. The number of hydrogen-bond acceptors (Lipinski definition) is 4. The number of methoxy groups -OCH3 is 1. The van der Waals surface area contributed by atoms with E-state index in [0.717, 1.165) is 12.0 Å². The summed E-state index contributed by atoms with van der Waals surface area (Å²) in [5.41, 5.74) is 1.40. The molecule has 0 aromatic heterocycles. The van der Waals surface area contributed by atoms with Gasteiger partial charge in [0.25, 0.3) is 0 Å². The molecule has 0 N–H and O–H groups in total. The average Bonchev–Trinajstić information content (AvgIpc) is 2.70. The summed E-state index contributed by atoms with van der Waals surface area (Å²) < 4.78 is 11.2. The first kappa shape index (κ1) is 16.5. The normalized spacial score (nSPS) is 23.0. The Balaban J connectivity index is 2.47. The molecule has 0 fully saturated rings. The highest BCUT2D eigenvalue weighted by molar-refractivity contribution is 5.99. The second-order valence-electron chi connectivity index (χ2n) is 7.55. The second-order valence-corrected chi connectivity index (χ2v) is 7.55. The lowest BCUT2D eigenvalue weighted by Gasteiger charge is -2.29. The molecule has 1 heterocycles. The first-order valence-electron chi connectivity index (χ1n) is 7.48. The van der Waals surface area contributed by atoms with Gasteiger partial charge in [-0.25, -0.2) is 4.99 Å². The number of ether oxygens (including phenoxy) is 2. The number of hydrogen-bond donors (Lipinski definition) is 0. The van der Waals surface area contributed by atoms with Crippen LogP contribution < -0.4 is 0 Å². The Hall–Kier alpha value is -1.86. The zero-order chi connectivity index (χ0) is 16.6. The van der Waals surface area contributed by atoms with E-state index in [1.165, 1.54) is 7.11 Å². The maximum Gasteiger partial charge on any atom is 0.330 e. The van der Waals surface area contributed by atoms with E-state index in [4.69, 9.17) is 14.5 Å². The standard InChI is InChI=1S/C18H24N2O2/c1-16(2,3)11-17(4,5)20-15-13-9-7-8-10-14(13)18(12-19,21-6)22-15/h7-10H,11H2,1-6H3. The molecule has 0 spiro atoms. The summed E-state index contributed by atoms with van der Waals surface area (Å²) in [5.74, 6) is -0.916. The summed E-state index contributed by atoms with van der Waals surface area (Å²) in [6, 6.07) is 9.67. The lowest BCUT2D eigenvalue weighted by atomic mass is 9.82. The maximum atomic E-state index is 9.51. The van der Waals surface area contributed by atoms with Crippen LogP contribution in [-0.2, 0) is 15.3 Å². The van der Waals surface area contributed by atoms with E-state index in [9.17, 15) is 5.26 Å². The molecule has 1 atom stereocenters. The fraction of sp³-hybridized carbons (Fsp3) is 0.556. The quantitative estimate of drug-likeness (QED) is 0.847. The third kappa shape index (κ3) is 3.15. The van der Waals surface area contributed by atoms with Gasteiger partial charge in [0.2, 0.25) is 5.90 Å². The molecule has 1 aliphatic rings. The Morgan fingerprint density at radius 1 is 1.23 bits per heavy atom. The van der Waals surface area contributed by atoms with E-state index < -0.39 is 5.79 Å². The van der Waals surface area contributed by atoms with Crippen molar-refractivity contribution in [1.29, 1.82) is 5.26 Å². The molecule has 0 aliphatic carbocycles. The van der Waals surface area contributed by atoms with E-state index in [2.05, 4.69) is 40.7 Å². The molecule has 1 aliphatic heterocycles. The highest BCUT2D eigenvalue weighted by Gasteiger charge is 2.46. The number of nitrogens with zero attached hydrogens (tertiary/aromatic N) is 2. The lowest BCUT2D eigenvalue weighted by molar-refractivity contribution is -0.126. The average molecular weight is 300 g/mol. The van der Waals surface area contributed by atoms with E-state index in [1.807, 2.05) is 24.3 Å². The summed E-state index contributed by atoms with van der Waals surface area (Å²) in [6.07, 6.45) is 0.904. The SMILES string of the molecule is COC1(C#N)OC(=NC(C)(C)CC(C)(C)C)c2ccccc21. The third-order valence-corrected chi connectivity index (χ3v) is 3.55. The Labute approximate surface area is 132 Å². The van der Waals surface area contributed by atoms with Crippen molar-refractivity contribution in [2.24, 2.45) is 10.4 Å². The van der Waals surface area contributed by atoms with E-state index in [0.29, 0.717) is 11.5 Å². The number of fused-ring (bicyclic) bond motifs is 1. The molecule has 1 aromatic rings.